The van der Waals surface area contributed by atoms with Gasteiger partial charge in [0.05, 0.1) is 12.3 Å². The van der Waals surface area contributed by atoms with Gasteiger partial charge < -0.3 is 9.29 Å². The van der Waals surface area contributed by atoms with Gasteiger partial charge >= 0.3 is 22.3 Å². The van der Waals surface area contributed by atoms with Crippen LogP contribution in [0.1, 0.15) is 71.1 Å². The highest BCUT2D eigenvalue weighted by Crippen LogP contribution is 2.13. The molecule has 0 saturated carbocycles. The summed E-state index contributed by atoms with van der Waals surface area (Å²) in [6.45, 7) is 2.18. The summed E-state index contributed by atoms with van der Waals surface area (Å²) in [5.74, 6) is -3.80. The van der Waals surface area contributed by atoms with Gasteiger partial charge in [-0.15, -0.1) is 0 Å². The smallest absolute Gasteiger partial charge is 0.448 e. The fourth-order valence-electron chi connectivity index (χ4n) is 2.24. The second-order valence-electron chi connectivity index (χ2n) is 5.73. The van der Waals surface area contributed by atoms with Crippen LogP contribution in [0.4, 0.5) is 0 Å². The Labute approximate surface area is 144 Å². The highest BCUT2D eigenvalue weighted by Gasteiger charge is 2.24. The predicted octanol–water partition coefficient (Wildman–Crippen LogP) is 3.51. The number of carbonyl (C=O) groups is 2. The Balaban J connectivity index is 4.09. The quantitative estimate of drug-likeness (QED) is 0.275. The van der Waals surface area contributed by atoms with Gasteiger partial charge in [0.1, 0.15) is 0 Å². The lowest BCUT2D eigenvalue weighted by molar-refractivity contribution is -0.145. The summed E-state index contributed by atoms with van der Waals surface area (Å²) in [6.07, 6.45) is 12.4. The second-order valence-corrected chi connectivity index (χ2v) is 6.75. The molecule has 0 saturated heterocycles. The van der Waals surface area contributed by atoms with Crippen LogP contribution in [0.5, 0.6) is 0 Å². The normalized spacial score (nSPS) is 13.1. The Morgan fingerprint density at radius 1 is 1.04 bits per heavy atom. The minimum atomic E-state index is -4.93. The minimum absolute atomic E-state index is 0.595. The summed E-state index contributed by atoms with van der Waals surface area (Å²) in [6, 6.07) is 0. The van der Waals surface area contributed by atoms with Crippen LogP contribution in [0.25, 0.3) is 0 Å². The Kier molecular flexibility index (Phi) is 12.2. The molecule has 140 valence electrons. The molecule has 0 aliphatic carbocycles. The summed E-state index contributed by atoms with van der Waals surface area (Å²) in [5, 5.41) is 8.74. The van der Waals surface area contributed by atoms with Crippen LogP contribution >= 0.6 is 0 Å². The highest BCUT2D eigenvalue weighted by atomic mass is 32.3. The van der Waals surface area contributed by atoms with Crippen LogP contribution < -0.4 is 0 Å². The third-order valence-corrected chi connectivity index (χ3v) is 3.85. The summed E-state index contributed by atoms with van der Waals surface area (Å²) < 4.78 is 33.3. The van der Waals surface area contributed by atoms with Gasteiger partial charge in [-0.2, -0.15) is 8.42 Å². The molecule has 8 heteroatoms. The maximum atomic E-state index is 11.5. The molecule has 0 aromatic rings. The first kappa shape index (κ1) is 22.6. The molecule has 0 fully saturated rings. The number of aliphatic carboxylic acids is 1. The van der Waals surface area contributed by atoms with Gasteiger partial charge in [0.15, 0.2) is 0 Å². The summed E-state index contributed by atoms with van der Waals surface area (Å²) in [7, 11) is -4.93. The van der Waals surface area contributed by atoms with Crippen molar-refractivity contribution in [3.63, 3.8) is 0 Å². The molecule has 24 heavy (non-hydrogen) atoms. The van der Waals surface area contributed by atoms with Crippen molar-refractivity contribution in [3.8, 4) is 0 Å². The molecule has 0 aliphatic heterocycles. The number of carboxylic acid groups (broad SMARTS) is 1. The molecule has 0 aromatic carbocycles. The Morgan fingerprint density at radius 3 is 2.08 bits per heavy atom. The van der Waals surface area contributed by atoms with Gasteiger partial charge in [-0.1, -0.05) is 64.0 Å². The average molecular weight is 364 g/mol. The predicted molar refractivity (Wildman–Crippen MR) is 89.8 cm³/mol. The van der Waals surface area contributed by atoms with Crippen molar-refractivity contribution in [1.82, 2.24) is 0 Å². The van der Waals surface area contributed by atoms with Crippen LogP contribution in [0.3, 0.4) is 0 Å². The number of carbonyl (C=O) groups excluding carboxylic acids is 1. The average Bonchev–Trinajstić information content (AvgIpc) is 2.45. The van der Waals surface area contributed by atoms with E-state index in [0.717, 1.165) is 19.3 Å². The molecule has 0 spiro atoms. The van der Waals surface area contributed by atoms with E-state index in [4.69, 9.17) is 9.66 Å². The molecule has 0 amide bonds. The second kappa shape index (κ2) is 12.9. The molecule has 2 N–H and O–H groups in total. The molecule has 0 aromatic heterocycles. The lowest BCUT2D eigenvalue weighted by Crippen LogP contribution is -2.22. The zero-order valence-corrected chi connectivity index (χ0v) is 15.0. The number of rotatable bonds is 14. The van der Waals surface area contributed by atoms with Crippen LogP contribution in [0.15, 0.2) is 12.2 Å². The Morgan fingerprint density at radius 2 is 1.58 bits per heavy atom. The van der Waals surface area contributed by atoms with E-state index in [0.29, 0.717) is 6.42 Å². The highest BCUT2D eigenvalue weighted by molar-refractivity contribution is 7.81. The van der Waals surface area contributed by atoms with E-state index in [9.17, 15) is 18.0 Å². The number of allylic oxidation sites excluding steroid dienone is 1. The first-order valence-corrected chi connectivity index (χ1v) is 9.72. The van der Waals surface area contributed by atoms with Crippen molar-refractivity contribution < 1.29 is 31.8 Å². The van der Waals surface area contributed by atoms with Gasteiger partial charge in [-0.05, 0) is 12.8 Å². The van der Waals surface area contributed by atoms with Crippen molar-refractivity contribution in [3.05, 3.63) is 12.2 Å². The summed E-state index contributed by atoms with van der Waals surface area (Å²) in [4.78, 5) is 22.2. The van der Waals surface area contributed by atoms with E-state index in [2.05, 4.69) is 11.1 Å². The van der Waals surface area contributed by atoms with E-state index < -0.39 is 34.7 Å². The zero-order chi connectivity index (χ0) is 18.4. The zero-order valence-electron chi connectivity index (χ0n) is 14.1. The standard InChI is InChI=1S/C16H28O7S/c1-2-3-4-5-6-7-8-9-10-11-12-14(13-15(17)18)16(19)23-24(20,21)22/h11-12,14H,2-10,13H2,1H3,(H,17,18)(H,20,21,22). The molecule has 1 atom stereocenters. The molecule has 0 bridgehead atoms. The van der Waals surface area contributed by atoms with Gasteiger partial charge in [-0.25, -0.2) is 0 Å². The lowest BCUT2D eigenvalue weighted by atomic mass is 10.0. The minimum Gasteiger partial charge on any atom is -0.481 e. The topological polar surface area (TPSA) is 118 Å². The molecule has 0 heterocycles. The first-order valence-electron chi connectivity index (χ1n) is 8.35. The molecule has 0 radical (unpaired) electrons. The Bertz CT molecular complexity index is 497. The van der Waals surface area contributed by atoms with Gasteiger partial charge in [-0.3, -0.25) is 14.1 Å². The monoisotopic (exact) mass is 364 g/mol. The van der Waals surface area contributed by atoms with Gasteiger partial charge in [0.2, 0.25) is 0 Å². The lowest BCUT2D eigenvalue weighted by Gasteiger charge is -2.07. The summed E-state index contributed by atoms with van der Waals surface area (Å²) in [5.41, 5.74) is 0. The largest absolute Gasteiger partial charge is 0.481 e. The fraction of sp³-hybridized carbons (Fsp3) is 0.750. The van der Waals surface area contributed by atoms with E-state index in [1.165, 1.54) is 38.2 Å². The van der Waals surface area contributed by atoms with E-state index >= 15 is 0 Å². The summed E-state index contributed by atoms with van der Waals surface area (Å²) >= 11 is 0. The van der Waals surface area contributed by atoms with Gasteiger partial charge in [0.25, 0.3) is 0 Å². The van der Waals surface area contributed by atoms with Crippen LogP contribution in [0, 0.1) is 5.92 Å². The van der Waals surface area contributed by atoms with Crippen molar-refractivity contribution in [2.24, 2.45) is 5.92 Å². The SMILES string of the molecule is CCCCCCCCCCC=CC(CC(=O)O)C(=O)OS(=O)(=O)O. The molecule has 1 unspecified atom stereocenters. The molecule has 7 nitrogen and oxygen atoms in total. The van der Waals surface area contributed by atoms with Crippen molar-refractivity contribution >= 4 is 22.3 Å². The maximum absolute atomic E-state index is 11.5. The van der Waals surface area contributed by atoms with Crippen LogP contribution in [-0.4, -0.2) is 30.0 Å². The molecule has 0 aliphatic rings. The van der Waals surface area contributed by atoms with E-state index in [1.807, 2.05) is 0 Å². The Hall–Kier alpha value is -1.41. The maximum Gasteiger partial charge on any atom is 0.448 e. The third-order valence-electron chi connectivity index (χ3n) is 3.48. The first-order chi connectivity index (χ1) is 11.3. The van der Waals surface area contributed by atoms with Crippen LogP contribution in [0.2, 0.25) is 0 Å². The van der Waals surface area contributed by atoms with Crippen LogP contribution in [-0.2, 0) is 24.2 Å². The number of hydrogen-bond acceptors (Lipinski definition) is 5. The van der Waals surface area contributed by atoms with Gasteiger partial charge in [0, 0.05) is 0 Å². The fourth-order valence-corrected chi connectivity index (χ4v) is 2.57. The molecular formula is C16H28O7S. The van der Waals surface area contributed by atoms with Crippen molar-refractivity contribution in [2.45, 2.75) is 71.1 Å². The third kappa shape index (κ3) is 14.2. The van der Waals surface area contributed by atoms with E-state index in [1.54, 1.807) is 6.08 Å². The number of hydrogen-bond donors (Lipinski definition) is 2. The van der Waals surface area contributed by atoms with Crippen molar-refractivity contribution in [1.29, 1.82) is 0 Å². The molecular weight excluding hydrogens is 336 g/mol. The van der Waals surface area contributed by atoms with E-state index in [-0.39, 0.29) is 0 Å². The number of unbranched alkanes of at least 4 members (excludes halogenated alkanes) is 8. The van der Waals surface area contributed by atoms with Crippen molar-refractivity contribution in [2.75, 3.05) is 0 Å². The molecule has 0 rings (SSSR count). The number of carboxylic acids is 1.